The van der Waals surface area contributed by atoms with Crippen LogP contribution in [-0.4, -0.2) is 37.0 Å². The highest BCUT2D eigenvalue weighted by Crippen LogP contribution is 2.22. The fourth-order valence-corrected chi connectivity index (χ4v) is 1.91. The summed E-state index contributed by atoms with van der Waals surface area (Å²) in [6.45, 7) is 1.91. The average molecular weight is 265 g/mol. The molecule has 1 aromatic carbocycles. The number of nitrogens with one attached hydrogen (secondary N) is 1. The smallest absolute Gasteiger partial charge is 0.292 e. The molecule has 0 heterocycles. The first-order valence-corrected chi connectivity index (χ1v) is 6.73. The normalized spacial score (nSPS) is 10.7. The Labute approximate surface area is 114 Å². The minimum Gasteiger partial charge on any atom is -0.379 e. The van der Waals surface area contributed by atoms with Gasteiger partial charge in [0.15, 0.2) is 0 Å². The molecular weight excluding hydrogens is 242 g/mol. The van der Waals surface area contributed by atoms with Gasteiger partial charge in [-0.2, -0.15) is 0 Å². The summed E-state index contributed by atoms with van der Waals surface area (Å²) in [5, 5.41) is 14.0. The second kappa shape index (κ2) is 8.48. The summed E-state index contributed by atoms with van der Waals surface area (Å²) in [6, 6.07) is 6.78. The van der Waals surface area contributed by atoms with Gasteiger partial charge in [0.05, 0.1) is 4.92 Å². The van der Waals surface area contributed by atoms with Crippen LogP contribution in [0.5, 0.6) is 0 Å². The monoisotopic (exact) mass is 265 g/mol. The lowest BCUT2D eigenvalue weighted by molar-refractivity contribution is -0.384. The highest BCUT2D eigenvalue weighted by atomic mass is 16.6. The molecule has 0 atom stereocenters. The molecule has 19 heavy (non-hydrogen) atoms. The highest BCUT2D eigenvalue weighted by Gasteiger charge is 2.10. The Bertz CT molecular complexity index is 394. The van der Waals surface area contributed by atoms with Gasteiger partial charge in [-0.25, -0.2) is 0 Å². The molecule has 0 saturated carbocycles. The third-order valence-electron chi connectivity index (χ3n) is 2.95. The maximum Gasteiger partial charge on any atom is 0.292 e. The number of nitrogens with zero attached hydrogens (tertiary/aromatic N) is 2. The van der Waals surface area contributed by atoms with Gasteiger partial charge in [-0.05, 0) is 39.5 Å². The van der Waals surface area contributed by atoms with Crippen molar-refractivity contribution in [3.05, 3.63) is 34.4 Å². The summed E-state index contributed by atoms with van der Waals surface area (Å²) in [5.74, 6) is 0. The fraction of sp³-hybridized carbons (Fsp3) is 0.571. The summed E-state index contributed by atoms with van der Waals surface area (Å²) >= 11 is 0. The predicted molar refractivity (Wildman–Crippen MR) is 78.6 cm³/mol. The van der Waals surface area contributed by atoms with Gasteiger partial charge in [0, 0.05) is 12.6 Å². The molecule has 1 rings (SSSR count). The number of nitro groups is 1. The zero-order chi connectivity index (χ0) is 14.1. The van der Waals surface area contributed by atoms with E-state index in [1.807, 2.05) is 6.07 Å². The largest absolute Gasteiger partial charge is 0.379 e. The van der Waals surface area contributed by atoms with Crippen molar-refractivity contribution in [2.24, 2.45) is 0 Å². The summed E-state index contributed by atoms with van der Waals surface area (Å²) in [4.78, 5) is 12.7. The quantitative estimate of drug-likeness (QED) is 0.423. The maximum absolute atomic E-state index is 10.8. The van der Waals surface area contributed by atoms with Gasteiger partial charge in [0.2, 0.25) is 0 Å². The van der Waals surface area contributed by atoms with Gasteiger partial charge in [-0.15, -0.1) is 0 Å². The molecule has 1 aromatic rings. The highest BCUT2D eigenvalue weighted by molar-refractivity contribution is 5.60. The van der Waals surface area contributed by atoms with Gasteiger partial charge < -0.3 is 10.2 Å². The molecule has 0 aliphatic heterocycles. The number of rotatable bonds is 9. The second-order valence-electron chi connectivity index (χ2n) is 4.92. The number of para-hydroxylation sites is 2. The van der Waals surface area contributed by atoms with Crippen LogP contribution in [0.2, 0.25) is 0 Å². The van der Waals surface area contributed by atoms with Crippen LogP contribution in [0.25, 0.3) is 0 Å². The van der Waals surface area contributed by atoms with Gasteiger partial charge >= 0.3 is 0 Å². The Hall–Kier alpha value is -1.62. The number of nitro benzene ring substituents is 1. The number of benzene rings is 1. The van der Waals surface area contributed by atoms with E-state index in [1.165, 1.54) is 18.9 Å². The molecule has 0 saturated heterocycles. The van der Waals surface area contributed by atoms with E-state index in [2.05, 4.69) is 24.3 Å². The molecule has 0 aromatic heterocycles. The van der Waals surface area contributed by atoms with Crippen molar-refractivity contribution in [1.82, 2.24) is 4.90 Å². The molecule has 106 valence electrons. The number of unbranched alkanes of at least 4 members (excludes halogenated alkanes) is 3. The van der Waals surface area contributed by atoms with E-state index in [1.54, 1.807) is 12.1 Å². The lowest BCUT2D eigenvalue weighted by atomic mass is 10.2. The van der Waals surface area contributed by atoms with E-state index in [0.717, 1.165) is 25.9 Å². The molecule has 1 N–H and O–H groups in total. The number of anilines is 1. The minimum atomic E-state index is -0.348. The Kier molecular flexibility index (Phi) is 6.89. The molecular formula is C14H23N3O2. The van der Waals surface area contributed by atoms with E-state index in [4.69, 9.17) is 0 Å². The zero-order valence-electron chi connectivity index (χ0n) is 11.8. The molecule has 0 aliphatic rings. The van der Waals surface area contributed by atoms with Crippen LogP contribution >= 0.6 is 0 Å². The summed E-state index contributed by atoms with van der Waals surface area (Å²) in [5.41, 5.74) is 0.760. The molecule has 0 radical (unpaired) electrons. The zero-order valence-corrected chi connectivity index (χ0v) is 11.8. The topological polar surface area (TPSA) is 58.4 Å². The molecule has 0 amide bonds. The molecule has 0 bridgehead atoms. The number of hydrogen-bond donors (Lipinski definition) is 1. The van der Waals surface area contributed by atoms with Gasteiger partial charge in [-0.3, -0.25) is 10.1 Å². The van der Waals surface area contributed by atoms with Crippen molar-refractivity contribution in [1.29, 1.82) is 0 Å². The van der Waals surface area contributed by atoms with Crippen molar-refractivity contribution in [2.45, 2.75) is 25.7 Å². The van der Waals surface area contributed by atoms with E-state index < -0.39 is 0 Å². The van der Waals surface area contributed by atoms with Crippen molar-refractivity contribution in [3.63, 3.8) is 0 Å². The summed E-state index contributed by atoms with van der Waals surface area (Å²) < 4.78 is 0. The van der Waals surface area contributed by atoms with Crippen LogP contribution in [0.1, 0.15) is 25.7 Å². The first kappa shape index (κ1) is 15.4. The van der Waals surface area contributed by atoms with Crippen LogP contribution in [0.3, 0.4) is 0 Å². The third-order valence-corrected chi connectivity index (χ3v) is 2.95. The van der Waals surface area contributed by atoms with E-state index in [0.29, 0.717) is 5.69 Å². The molecule has 5 nitrogen and oxygen atoms in total. The van der Waals surface area contributed by atoms with Gasteiger partial charge in [-0.1, -0.05) is 25.0 Å². The van der Waals surface area contributed by atoms with Crippen molar-refractivity contribution >= 4 is 11.4 Å². The predicted octanol–water partition coefficient (Wildman–Crippen LogP) is 3.13. The van der Waals surface area contributed by atoms with Crippen LogP contribution in [0.4, 0.5) is 11.4 Å². The van der Waals surface area contributed by atoms with Crippen molar-refractivity contribution in [2.75, 3.05) is 32.5 Å². The first-order valence-electron chi connectivity index (χ1n) is 6.73. The van der Waals surface area contributed by atoms with Gasteiger partial charge in [0.25, 0.3) is 5.69 Å². The van der Waals surface area contributed by atoms with Crippen molar-refractivity contribution < 1.29 is 4.92 Å². The Morgan fingerprint density at radius 1 is 1.16 bits per heavy atom. The first-order chi connectivity index (χ1) is 9.11. The van der Waals surface area contributed by atoms with Crippen LogP contribution in [0, 0.1) is 10.1 Å². The van der Waals surface area contributed by atoms with Crippen molar-refractivity contribution in [3.8, 4) is 0 Å². The molecule has 0 fully saturated rings. The molecule has 0 aliphatic carbocycles. The van der Waals surface area contributed by atoms with Gasteiger partial charge in [0.1, 0.15) is 5.69 Å². The molecule has 5 heteroatoms. The maximum atomic E-state index is 10.8. The Balaban J connectivity index is 2.21. The minimum absolute atomic E-state index is 0.148. The molecule has 0 spiro atoms. The summed E-state index contributed by atoms with van der Waals surface area (Å²) in [6.07, 6.45) is 4.61. The van der Waals surface area contributed by atoms with Crippen LogP contribution < -0.4 is 5.32 Å². The fourth-order valence-electron chi connectivity index (χ4n) is 1.91. The standard InChI is InChI=1S/C14H23N3O2/c1-16(2)12-8-4-3-7-11-15-13-9-5-6-10-14(13)17(18)19/h5-6,9-10,15H,3-4,7-8,11-12H2,1-2H3. The second-order valence-corrected chi connectivity index (χ2v) is 4.92. The van der Waals surface area contributed by atoms with E-state index in [-0.39, 0.29) is 10.6 Å². The van der Waals surface area contributed by atoms with Crippen LogP contribution in [-0.2, 0) is 0 Å². The van der Waals surface area contributed by atoms with Crippen LogP contribution in [0.15, 0.2) is 24.3 Å². The SMILES string of the molecule is CN(C)CCCCCCNc1ccccc1[N+](=O)[O-]. The average Bonchev–Trinajstić information content (AvgIpc) is 2.37. The number of hydrogen-bond acceptors (Lipinski definition) is 4. The molecule has 0 unspecified atom stereocenters. The Morgan fingerprint density at radius 3 is 2.53 bits per heavy atom. The third kappa shape index (κ3) is 6.20. The lowest BCUT2D eigenvalue weighted by Gasteiger charge is -2.09. The van der Waals surface area contributed by atoms with E-state index in [9.17, 15) is 10.1 Å². The Morgan fingerprint density at radius 2 is 1.84 bits per heavy atom. The lowest BCUT2D eigenvalue weighted by Crippen LogP contribution is -2.12. The summed E-state index contributed by atoms with van der Waals surface area (Å²) in [7, 11) is 4.16. The van der Waals surface area contributed by atoms with E-state index >= 15 is 0 Å².